The highest BCUT2D eigenvalue weighted by molar-refractivity contribution is 5.97. The van der Waals surface area contributed by atoms with Gasteiger partial charge in [0, 0.05) is 29.3 Å². The number of anilines is 1. The summed E-state index contributed by atoms with van der Waals surface area (Å²) in [6, 6.07) is 4.56. The van der Waals surface area contributed by atoms with Gasteiger partial charge in [-0.25, -0.2) is 13.8 Å². The Morgan fingerprint density at radius 1 is 1.26 bits per heavy atom. The van der Waals surface area contributed by atoms with E-state index in [0.717, 1.165) is 32.2 Å². The smallest absolute Gasteiger partial charge is 0.417 e. The van der Waals surface area contributed by atoms with Crippen molar-refractivity contribution in [2.75, 3.05) is 12.4 Å². The zero-order valence-corrected chi connectivity index (χ0v) is 18.2. The molecule has 13 heteroatoms. The van der Waals surface area contributed by atoms with Crippen LogP contribution in [0.15, 0.2) is 30.5 Å². The number of nitrogens with two attached hydrogens (primary N) is 1. The van der Waals surface area contributed by atoms with Crippen LogP contribution in [0.1, 0.15) is 47.9 Å². The first-order valence-corrected chi connectivity index (χ1v) is 9.94. The minimum Gasteiger partial charge on any atom is -0.481 e. The lowest BCUT2D eigenvalue weighted by molar-refractivity contribution is -0.272. The second-order valence-corrected chi connectivity index (χ2v) is 7.88. The van der Waals surface area contributed by atoms with Crippen molar-refractivity contribution in [3.05, 3.63) is 47.4 Å². The van der Waals surface area contributed by atoms with E-state index in [1.54, 1.807) is 0 Å². The fraction of sp³-hybridized carbons (Fsp3) is 0.429. The van der Waals surface area contributed by atoms with Gasteiger partial charge in [0.05, 0.1) is 7.11 Å². The molecule has 1 aliphatic rings. The quantitative estimate of drug-likeness (QED) is 0.601. The largest absolute Gasteiger partial charge is 0.481 e. The zero-order valence-electron chi connectivity index (χ0n) is 18.2. The second-order valence-electron chi connectivity index (χ2n) is 7.88. The van der Waals surface area contributed by atoms with Gasteiger partial charge >= 0.3 is 6.18 Å². The molecule has 34 heavy (non-hydrogen) atoms. The fourth-order valence-electron chi connectivity index (χ4n) is 3.88. The summed E-state index contributed by atoms with van der Waals surface area (Å²) < 4.78 is 78.5. The van der Waals surface area contributed by atoms with Gasteiger partial charge in [-0.05, 0) is 25.1 Å². The number of aromatic nitrogens is 2. The molecule has 0 aliphatic carbocycles. The van der Waals surface area contributed by atoms with Crippen LogP contribution < -0.4 is 15.8 Å². The summed E-state index contributed by atoms with van der Waals surface area (Å²) in [5.74, 6) is -4.79. The number of hydrogen-bond acceptors (Lipinski definition) is 6. The Morgan fingerprint density at radius 2 is 1.94 bits per heavy atom. The number of nitrogens with one attached hydrogen (secondary N) is 1. The van der Waals surface area contributed by atoms with Gasteiger partial charge in [-0.2, -0.15) is 13.2 Å². The maximum absolute atomic E-state index is 14.0. The predicted octanol–water partition coefficient (Wildman–Crippen LogP) is 3.60. The Balaban J connectivity index is 2.05. The molecule has 1 aliphatic heterocycles. The first-order chi connectivity index (χ1) is 15.8. The number of pyridine rings is 2. The number of ether oxygens (including phenoxy) is 2. The summed E-state index contributed by atoms with van der Waals surface area (Å²) in [5, 5.41) is 2.40. The molecule has 1 saturated heterocycles. The van der Waals surface area contributed by atoms with Crippen LogP contribution in [0.5, 0.6) is 5.88 Å². The molecule has 0 spiro atoms. The summed E-state index contributed by atoms with van der Waals surface area (Å²) in [5.41, 5.74) is 1.65. The summed E-state index contributed by atoms with van der Waals surface area (Å²) in [6.45, 7) is 2.05. The van der Waals surface area contributed by atoms with Gasteiger partial charge in [0.25, 0.3) is 18.2 Å². The zero-order chi connectivity index (χ0) is 25.4. The number of methoxy groups -OCH3 is 1. The van der Waals surface area contributed by atoms with E-state index in [9.17, 15) is 31.5 Å². The molecule has 0 radical (unpaired) electrons. The molecule has 1 fully saturated rings. The molecule has 3 heterocycles. The van der Waals surface area contributed by atoms with E-state index < -0.39 is 53.7 Å². The third-order valence-electron chi connectivity index (χ3n) is 5.89. The summed E-state index contributed by atoms with van der Waals surface area (Å²) in [6.07, 6.45) is -8.33. The molecule has 0 unspecified atom stereocenters. The van der Waals surface area contributed by atoms with Crippen molar-refractivity contribution in [2.45, 2.75) is 44.1 Å². The van der Waals surface area contributed by atoms with E-state index in [1.807, 2.05) is 0 Å². The van der Waals surface area contributed by atoms with Gasteiger partial charge in [0.2, 0.25) is 5.88 Å². The first-order valence-electron chi connectivity index (χ1n) is 9.94. The lowest BCUT2D eigenvalue weighted by Crippen LogP contribution is -2.47. The van der Waals surface area contributed by atoms with Crippen molar-refractivity contribution in [1.29, 1.82) is 0 Å². The summed E-state index contributed by atoms with van der Waals surface area (Å²) >= 11 is 0. The normalized spacial score (nSPS) is 24.8. The van der Waals surface area contributed by atoms with E-state index in [-0.39, 0.29) is 22.8 Å². The lowest BCUT2D eigenvalue weighted by atomic mass is 9.77. The molecular formula is C21H21F5N4O4. The average molecular weight is 488 g/mol. The molecule has 8 nitrogen and oxygen atoms in total. The number of carbonyl (C=O) groups excluding carboxylic acids is 2. The highest BCUT2D eigenvalue weighted by Crippen LogP contribution is 2.54. The summed E-state index contributed by atoms with van der Waals surface area (Å²) in [4.78, 5) is 31.8. The Bertz CT molecular complexity index is 1100. The Labute approximate surface area is 190 Å². The van der Waals surface area contributed by atoms with Crippen LogP contribution in [0.4, 0.5) is 27.6 Å². The molecular weight excluding hydrogens is 467 g/mol. The van der Waals surface area contributed by atoms with Gasteiger partial charge in [0.1, 0.15) is 17.5 Å². The molecule has 184 valence electrons. The fourth-order valence-corrected chi connectivity index (χ4v) is 3.88. The number of primary amides is 1. The standard InChI is InChI=1S/C21H21F5N4O4/c1-9-14(11-4-5-12(16(22)23)30-19(11)33-3)15(34-20(9,2)21(24,25)26)18(32)29-10-6-7-28-13(8-10)17(27)31/h4-9,14-16H,1-3H3,(H2,27,31)(H,28,29,32)/t9-,14-,15-,20+/m0/s1. The van der Waals surface area contributed by atoms with Crippen LogP contribution in [0.25, 0.3) is 0 Å². The van der Waals surface area contributed by atoms with E-state index in [1.165, 1.54) is 19.2 Å². The minimum atomic E-state index is -4.86. The van der Waals surface area contributed by atoms with E-state index >= 15 is 0 Å². The highest BCUT2D eigenvalue weighted by atomic mass is 19.4. The number of alkyl halides is 5. The monoisotopic (exact) mass is 488 g/mol. The van der Waals surface area contributed by atoms with Crippen molar-refractivity contribution in [1.82, 2.24) is 9.97 Å². The Morgan fingerprint density at radius 3 is 2.50 bits per heavy atom. The van der Waals surface area contributed by atoms with Gasteiger partial charge in [-0.15, -0.1) is 0 Å². The number of amides is 2. The van der Waals surface area contributed by atoms with Crippen LogP contribution in [0, 0.1) is 5.92 Å². The van der Waals surface area contributed by atoms with Crippen LogP contribution in [0.2, 0.25) is 0 Å². The molecule has 0 bridgehead atoms. The van der Waals surface area contributed by atoms with Gasteiger partial charge in [-0.3, -0.25) is 14.6 Å². The Hall–Kier alpha value is -3.35. The average Bonchev–Trinajstić information content (AvgIpc) is 3.05. The third kappa shape index (κ3) is 4.52. The molecule has 3 N–H and O–H groups in total. The predicted molar refractivity (Wildman–Crippen MR) is 108 cm³/mol. The van der Waals surface area contributed by atoms with Crippen molar-refractivity contribution in [3.8, 4) is 5.88 Å². The van der Waals surface area contributed by atoms with E-state index in [2.05, 4.69) is 15.3 Å². The van der Waals surface area contributed by atoms with Crippen molar-refractivity contribution in [3.63, 3.8) is 0 Å². The van der Waals surface area contributed by atoms with Gasteiger partial charge in [0.15, 0.2) is 5.60 Å². The van der Waals surface area contributed by atoms with Gasteiger partial charge < -0.3 is 20.5 Å². The minimum absolute atomic E-state index is 0.0000725. The third-order valence-corrected chi connectivity index (χ3v) is 5.89. The lowest BCUT2D eigenvalue weighted by Gasteiger charge is -2.31. The molecule has 0 aromatic carbocycles. The molecule has 4 atom stereocenters. The van der Waals surface area contributed by atoms with Crippen LogP contribution in [-0.4, -0.2) is 46.8 Å². The molecule has 3 rings (SSSR count). The number of carbonyl (C=O) groups is 2. The van der Waals surface area contributed by atoms with Crippen molar-refractivity contribution in [2.24, 2.45) is 11.7 Å². The first kappa shape index (κ1) is 25.3. The van der Waals surface area contributed by atoms with Crippen LogP contribution >= 0.6 is 0 Å². The highest BCUT2D eigenvalue weighted by Gasteiger charge is 2.65. The maximum atomic E-state index is 14.0. The number of rotatable bonds is 6. The molecule has 2 aromatic rings. The van der Waals surface area contributed by atoms with Gasteiger partial charge in [-0.1, -0.05) is 13.0 Å². The van der Waals surface area contributed by atoms with Crippen LogP contribution in [0.3, 0.4) is 0 Å². The van der Waals surface area contributed by atoms with Crippen LogP contribution in [-0.2, 0) is 9.53 Å². The maximum Gasteiger partial charge on any atom is 0.417 e. The molecule has 2 aromatic heterocycles. The topological polar surface area (TPSA) is 116 Å². The number of hydrogen-bond donors (Lipinski definition) is 2. The van der Waals surface area contributed by atoms with Crippen molar-refractivity contribution >= 4 is 17.5 Å². The number of nitrogens with zero attached hydrogens (tertiary/aromatic N) is 2. The Kier molecular flexibility index (Phi) is 6.78. The van der Waals surface area contributed by atoms with E-state index in [4.69, 9.17) is 15.2 Å². The second kappa shape index (κ2) is 9.12. The number of halogens is 5. The SMILES string of the molecule is COc1nc(C(F)F)ccc1[C@H]1[C@@H](C(=O)Nc2ccnc(C(N)=O)c2)O[C@@](C)(C(F)(F)F)[C@H]1C. The van der Waals surface area contributed by atoms with Crippen molar-refractivity contribution < 1.29 is 41.0 Å². The molecule has 2 amide bonds. The van der Waals surface area contributed by atoms with E-state index in [0.29, 0.717) is 0 Å². The molecule has 0 saturated carbocycles. The summed E-state index contributed by atoms with van der Waals surface area (Å²) in [7, 11) is 1.13.